The van der Waals surface area contributed by atoms with E-state index in [2.05, 4.69) is 19.1 Å². The minimum Gasteiger partial charge on any atom is -0.383 e. The Bertz CT molecular complexity index is 516. The zero-order valence-electron chi connectivity index (χ0n) is 10.6. The van der Waals surface area contributed by atoms with Gasteiger partial charge in [0.15, 0.2) is 0 Å². The van der Waals surface area contributed by atoms with E-state index in [4.69, 9.17) is 11.6 Å². The average molecular weight is 281 g/mol. The van der Waals surface area contributed by atoms with Gasteiger partial charge in [0.2, 0.25) is 0 Å². The van der Waals surface area contributed by atoms with Crippen molar-refractivity contribution in [3.8, 4) is 0 Å². The summed E-state index contributed by atoms with van der Waals surface area (Å²) in [5.41, 5.74) is 3.24. The molecule has 2 rings (SSSR count). The maximum Gasteiger partial charge on any atom is 0.115 e. The molecule has 0 spiro atoms. The van der Waals surface area contributed by atoms with Gasteiger partial charge in [-0.3, -0.25) is 0 Å². The van der Waals surface area contributed by atoms with Crippen molar-refractivity contribution in [3.63, 3.8) is 0 Å². The highest BCUT2D eigenvalue weighted by Gasteiger charge is 2.17. The van der Waals surface area contributed by atoms with Gasteiger partial charge in [-0.05, 0) is 35.4 Å². The van der Waals surface area contributed by atoms with Crippen molar-refractivity contribution in [2.75, 3.05) is 0 Å². The summed E-state index contributed by atoms with van der Waals surface area (Å²) in [5, 5.41) is 13.0. The van der Waals surface area contributed by atoms with Crippen LogP contribution in [0.3, 0.4) is 0 Å². The normalized spacial score (nSPS) is 12.7. The highest BCUT2D eigenvalue weighted by molar-refractivity contribution is 7.10. The van der Waals surface area contributed by atoms with Crippen LogP contribution in [-0.2, 0) is 6.42 Å². The molecule has 3 heteroatoms. The predicted molar refractivity (Wildman–Crippen MR) is 78.6 cm³/mol. The van der Waals surface area contributed by atoms with Gasteiger partial charge in [-0.2, -0.15) is 0 Å². The van der Waals surface area contributed by atoms with Crippen molar-refractivity contribution in [1.29, 1.82) is 0 Å². The summed E-state index contributed by atoms with van der Waals surface area (Å²) in [7, 11) is 0. The number of benzene rings is 1. The molecule has 0 aliphatic carbocycles. The first-order chi connectivity index (χ1) is 8.63. The molecule has 1 unspecified atom stereocenters. The van der Waals surface area contributed by atoms with Gasteiger partial charge in [-0.25, -0.2) is 0 Å². The summed E-state index contributed by atoms with van der Waals surface area (Å²) in [4.78, 5) is 0.831. The molecule has 1 nitrogen and oxygen atoms in total. The lowest BCUT2D eigenvalue weighted by Gasteiger charge is -2.10. The number of aryl methyl sites for hydroxylation is 2. The van der Waals surface area contributed by atoms with Crippen LogP contribution in [-0.4, -0.2) is 5.11 Å². The molecule has 1 aromatic heterocycles. The van der Waals surface area contributed by atoms with Gasteiger partial charge in [0.05, 0.1) is 9.90 Å². The summed E-state index contributed by atoms with van der Waals surface area (Å²) in [6.45, 7) is 4.12. The second kappa shape index (κ2) is 5.87. The summed E-state index contributed by atoms with van der Waals surface area (Å²) in [6.07, 6.45) is 1.60. The van der Waals surface area contributed by atoms with Gasteiger partial charge < -0.3 is 5.11 Å². The Morgan fingerprint density at radius 3 is 2.44 bits per heavy atom. The number of hydrogen-bond acceptors (Lipinski definition) is 2. The molecule has 0 aliphatic rings. The predicted octanol–water partition coefficient (Wildman–Crippen LogP) is 4.74. The van der Waals surface area contributed by atoms with Crippen LogP contribution in [0.15, 0.2) is 29.6 Å². The van der Waals surface area contributed by atoms with Crippen LogP contribution < -0.4 is 0 Å². The molecule has 96 valence electrons. The van der Waals surface area contributed by atoms with Crippen molar-refractivity contribution in [1.82, 2.24) is 0 Å². The first kappa shape index (κ1) is 13.6. The molecule has 1 atom stereocenters. The molecular weight excluding hydrogens is 264 g/mol. The third-order valence-corrected chi connectivity index (χ3v) is 4.77. The zero-order chi connectivity index (χ0) is 13.1. The molecule has 0 bridgehead atoms. The van der Waals surface area contributed by atoms with Crippen LogP contribution in [0.4, 0.5) is 0 Å². The fourth-order valence-corrected chi connectivity index (χ4v) is 3.25. The molecule has 1 aromatic carbocycles. The number of aliphatic hydroxyl groups is 1. The quantitative estimate of drug-likeness (QED) is 0.857. The number of rotatable bonds is 4. The maximum absolute atomic E-state index is 10.3. The van der Waals surface area contributed by atoms with Crippen molar-refractivity contribution in [3.05, 3.63) is 56.2 Å². The SMILES string of the molecule is CCCc1ccc(C(O)c2scc(C)c2Cl)cc1. The molecule has 0 aliphatic heterocycles. The Balaban J connectivity index is 2.23. The Kier molecular flexibility index (Phi) is 4.44. The summed E-state index contributed by atoms with van der Waals surface area (Å²) in [5.74, 6) is 0. The van der Waals surface area contributed by atoms with Crippen molar-refractivity contribution < 1.29 is 5.11 Å². The zero-order valence-corrected chi connectivity index (χ0v) is 12.2. The first-order valence-electron chi connectivity index (χ1n) is 6.14. The fourth-order valence-electron chi connectivity index (χ4n) is 1.94. The van der Waals surface area contributed by atoms with Crippen LogP contribution in [0, 0.1) is 6.92 Å². The Morgan fingerprint density at radius 1 is 1.28 bits per heavy atom. The molecule has 1 N–H and O–H groups in total. The summed E-state index contributed by atoms with van der Waals surface area (Å²) < 4.78 is 0. The lowest BCUT2D eigenvalue weighted by molar-refractivity contribution is 0.224. The van der Waals surface area contributed by atoms with Crippen LogP contribution in [0.1, 0.15) is 41.0 Å². The van der Waals surface area contributed by atoms with Crippen LogP contribution in [0.25, 0.3) is 0 Å². The molecule has 18 heavy (non-hydrogen) atoms. The molecule has 1 heterocycles. The van der Waals surface area contributed by atoms with Crippen LogP contribution in [0.5, 0.6) is 0 Å². The van der Waals surface area contributed by atoms with E-state index in [1.54, 1.807) is 0 Å². The van der Waals surface area contributed by atoms with E-state index in [-0.39, 0.29) is 0 Å². The Morgan fingerprint density at radius 2 is 1.94 bits per heavy atom. The molecule has 0 radical (unpaired) electrons. The lowest BCUT2D eigenvalue weighted by atomic mass is 10.0. The number of thiophene rings is 1. The largest absolute Gasteiger partial charge is 0.383 e. The van der Waals surface area contributed by atoms with Gasteiger partial charge in [0, 0.05) is 0 Å². The first-order valence-corrected chi connectivity index (χ1v) is 7.39. The van der Waals surface area contributed by atoms with Gasteiger partial charge in [0.25, 0.3) is 0 Å². The van der Waals surface area contributed by atoms with Gasteiger partial charge in [-0.15, -0.1) is 11.3 Å². The van der Waals surface area contributed by atoms with Gasteiger partial charge >= 0.3 is 0 Å². The molecule has 2 aromatic rings. The molecular formula is C15H17ClOS. The van der Waals surface area contributed by atoms with E-state index in [0.29, 0.717) is 5.02 Å². The van der Waals surface area contributed by atoms with Crippen molar-refractivity contribution in [2.45, 2.75) is 32.8 Å². The molecule has 0 fully saturated rings. The standard InChI is InChI=1S/C15H17ClOS/c1-3-4-11-5-7-12(8-6-11)14(17)15-13(16)10(2)9-18-15/h5-9,14,17H,3-4H2,1-2H3. The number of aliphatic hydroxyl groups excluding tert-OH is 1. The van der Waals surface area contributed by atoms with Gasteiger partial charge in [0.1, 0.15) is 6.10 Å². The van der Waals surface area contributed by atoms with Crippen molar-refractivity contribution in [2.24, 2.45) is 0 Å². The third-order valence-electron chi connectivity index (χ3n) is 3.01. The maximum atomic E-state index is 10.3. The topological polar surface area (TPSA) is 20.2 Å². The van der Waals surface area contributed by atoms with Crippen LogP contribution in [0.2, 0.25) is 5.02 Å². The number of hydrogen-bond donors (Lipinski definition) is 1. The Hall–Kier alpha value is -0.830. The molecule has 0 amide bonds. The molecule has 0 saturated carbocycles. The van der Waals surface area contributed by atoms with Crippen molar-refractivity contribution >= 4 is 22.9 Å². The second-order valence-electron chi connectivity index (χ2n) is 4.49. The number of halogens is 1. The van der Waals surface area contributed by atoms with E-state index in [1.165, 1.54) is 16.9 Å². The van der Waals surface area contributed by atoms with Crippen LogP contribution >= 0.6 is 22.9 Å². The third kappa shape index (κ3) is 2.77. The smallest absolute Gasteiger partial charge is 0.115 e. The minimum atomic E-state index is -0.619. The summed E-state index contributed by atoms with van der Waals surface area (Å²) in [6, 6.07) is 8.13. The van der Waals surface area contributed by atoms with E-state index in [0.717, 1.165) is 28.8 Å². The lowest BCUT2D eigenvalue weighted by Crippen LogP contribution is -1.98. The van der Waals surface area contributed by atoms with E-state index < -0.39 is 6.10 Å². The Labute approximate surface area is 117 Å². The monoisotopic (exact) mass is 280 g/mol. The fraction of sp³-hybridized carbons (Fsp3) is 0.333. The van der Waals surface area contributed by atoms with E-state index in [9.17, 15) is 5.11 Å². The average Bonchev–Trinajstić information content (AvgIpc) is 2.71. The molecule has 0 saturated heterocycles. The van der Waals surface area contributed by atoms with E-state index in [1.807, 2.05) is 24.4 Å². The summed E-state index contributed by atoms with van der Waals surface area (Å²) >= 11 is 7.70. The van der Waals surface area contributed by atoms with E-state index >= 15 is 0 Å². The minimum absolute atomic E-state index is 0.619. The highest BCUT2D eigenvalue weighted by atomic mass is 35.5. The van der Waals surface area contributed by atoms with Gasteiger partial charge in [-0.1, -0.05) is 49.2 Å². The highest BCUT2D eigenvalue weighted by Crippen LogP contribution is 2.35. The second-order valence-corrected chi connectivity index (χ2v) is 5.78.